The summed E-state index contributed by atoms with van der Waals surface area (Å²) in [5, 5.41) is 9.27. The summed E-state index contributed by atoms with van der Waals surface area (Å²) in [4.78, 5) is 17.9. The van der Waals surface area contributed by atoms with Gasteiger partial charge in [0.1, 0.15) is 5.58 Å². The first kappa shape index (κ1) is 21.1. The molecule has 1 aliphatic rings. The van der Waals surface area contributed by atoms with E-state index in [0.29, 0.717) is 30.0 Å². The number of benzene rings is 1. The largest absolute Gasteiger partial charge is 0.451 e. The van der Waals surface area contributed by atoms with Crippen LogP contribution in [0.4, 0.5) is 11.5 Å². The summed E-state index contributed by atoms with van der Waals surface area (Å²) in [6.45, 7) is 1.41. The molecule has 10 nitrogen and oxygen atoms in total. The molecule has 0 spiro atoms. The number of hydrogen-bond acceptors (Lipinski definition) is 8. The molecule has 0 saturated carbocycles. The average Bonchev–Trinajstić information content (AvgIpc) is 3.22. The molecule has 0 aliphatic carbocycles. The third-order valence-corrected chi connectivity index (χ3v) is 6.60. The minimum absolute atomic E-state index is 0.0294. The number of furan rings is 1. The van der Waals surface area contributed by atoms with Gasteiger partial charge >= 0.3 is 5.91 Å². The van der Waals surface area contributed by atoms with E-state index in [4.69, 9.17) is 14.4 Å². The van der Waals surface area contributed by atoms with Crippen LogP contribution in [0.15, 0.2) is 51.9 Å². The second kappa shape index (κ2) is 8.53. The van der Waals surface area contributed by atoms with E-state index in [2.05, 4.69) is 9.71 Å². The van der Waals surface area contributed by atoms with E-state index >= 15 is 0 Å². The maximum atomic E-state index is 13.0. The van der Waals surface area contributed by atoms with Crippen LogP contribution in [-0.4, -0.2) is 50.8 Å². The third kappa shape index (κ3) is 4.33. The third-order valence-electron chi connectivity index (χ3n) is 5.23. The Balaban J connectivity index is 1.60. The Morgan fingerprint density at radius 3 is 2.74 bits per heavy atom. The number of ether oxygens (including phenoxy) is 1. The maximum Gasteiger partial charge on any atom is 0.310 e. The van der Waals surface area contributed by atoms with Gasteiger partial charge in [-0.2, -0.15) is 0 Å². The van der Waals surface area contributed by atoms with Crippen LogP contribution in [-0.2, 0) is 14.8 Å². The number of carbonyl (C=O) groups excluding carboxylic acids is 1. The zero-order chi connectivity index (χ0) is 22.0. The maximum absolute atomic E-state index is 13.0. The van der Waals surface area contributed by atoms with Crippen LogP contribution in [0.1, 0.15) is 23.4 Å². The van der Waals surface area contributed by atoms with Gasteiger partial charge in [-0.25, -0.2) is 18.9 Å². The van der Waals surface area contributed by atoms with E-state index in [1.165, 1.54) is 29.7 Å². The monoisotopic (exact) mass is 446 g/mol. The Kier molecular flexibility index (Phi) is 5.81. The van der Waals surface area contributed by atoms with Crippen molar-refractivity contribution in [2.75, 3.05) is 29.8 Å². The molecule has 11 heteroatoms. The number of aromatic nitrogens is 1. The van der Waals surface area contributed by atoms with Gasteiger partial charge in [0, 0.05) is 37.8 Å². The van der Waals surface area contributed by atoms with Gasteiger partial charge < -0.3 is 14.1 Å². The SMILES string of the molecule is COC1CCN(c2ncccc2NS(=O)(=O)c2ccc3cc(C(=O)NO)oc3c2)CC1. The highest BCUT2D eigenvalue weighted by atomic mass is 32.2. The first-order valence-corrected chi connectivity index (χ1v) is 11.1. The van der Waals surface area contributed by atoms with E-state index in [9.17, 15) is 13.2 Å². The van der Waals surface area contributed by atoms with Crippen LogP contribution in [0.3, 0.4) is 0 Å². The van der Waals surface area contributed by atoms with Crippen LogP contribution in [0.5, 0.6) is 0 Å². The first-order chi connectivity index (χ1) is 14.9. The molecule has 1 aliphatic heterocycles. The standard InChI is InChI=1S/C20H22N4O6S/c1-29-14-6-9-24(10-7-14)19-16(3-2-8-21-19)23-31(27,28)15-5-4-13-11-18(20(25)22-26)30-17(13)12-15/h2-5,8,11-12,14,23,26H,6-7,9-10H2,1H3,(H,22,25). The van der Waals surface area contributed by atoms with Crippen molar-refractivity contribution in [1.82, 2.24) is 10.5 Å². The summed E-state index contributed by atoms with van der Waals surface area (Å²) in [6, 6.07) is 9.01. The lowest BCUT2D eigenvalue weighted by molar-refractivity contribution is 0.0678. The normalized spacial score (nSPS) is 15.2. The van der Waals surface area contributed by atoms with E-state index in [1.807, 2.05) is 4.90 Å². The molecule has 164 valence electrons. The van der Waals surface area contributed by atoms with Crippen molar-refractivity contribution in [2.45, 2.75) is 23.8 Å². The zero-order valence-corrected chi connectivity index (χ0v) is 17.6. The Bertz CT molecular complexity index is 1200. The molecule has 3 N–H and O–H groups in total. The molecule has 0 bridgehead atoms. The highest BCUT2D eigenvalue weighted by molar-refractivity contribution is 7.92. The molecule has 3 aromatic rings. The van der Waals surface area contributed by atoms with Crippen LogP contribution in [0.2, 0.25) is 0 Å². The number of hydrogen-bond donors (Lipinski definition) is 3. The minimum Gasteiger partial charge on any atom is -0.451 e. The lowest BCUT2D eigenvalue weighted by atomic mass is 10.1. The fourth-order valence-corrected chi connectivity index (χ4v) is 4.66. The number of nitrogens with zero attached hydrogens (tertiary/aromatic N) is 2. The molecule has 1 saturated heterocycles. The van der Waals surface area contributed by atoms with Gasteiger partial charge in [0.25, 0.3) is 10.0 Å². The van der Waals surface area contributed by atoms with Gasteiger partial charge in [0.15, 0.2) is 11.6 Å². The number of amides is 1. The Labute approximate surface area is 178 Å². The van der Waals surface area contributed by atoms with Crippen molar-refractivity contribution in [3.8, 4) is 0 Å². The summed E-state index contributed by atoms with van der Waals surface area (Å²) in [5.41, 5.74) is 2.06. The van der Waals surface area contributed by atoms with Crippen molar-refractivity contribution >= 4 is 38.4 Å². The van der Waals surface area contributed by atoms with E-state index in [-0.39, 0.29) is 22.3 Å². The van der Waals surface area contributed by atoms with Gasteiger partial charge in [-0.05, 0) is 43.2 Å². The van der Waals surface area contributed by atoms with Crippen LogP contribution in [0, 0.1) is 0 Å². The molecule has 4 rings (SSSR count). The van der Waals surface area contributed by atoms with Gasteiger partial charge in [-0.1, -0.05) is 0 Å². The van der Waals surface area contributed by atoms with Crippen molar-refractivity contribution in [2.24, 2.45) is 0 Å². The first-order valence-electron chi connectivity index (χ1n) is 9.65. The van der Waals surface area contributed by atoms with Crippen molar-refractivity contribution < 1.29 is 27.6 Å². The van der Waals surface area contributed by atoms with Crippen LogP contribution >= 0.6 is 0 Å². The number of anilines is 2. The fraction of sp³-hybridized carbons (Fsp3) is 0.300. The molecule has 3 heterocycles. The van der Waals surface area contributed by atoms with Crippen LogP contribution < -0.4 is 15.1 Å². The minimum atomic E-state index is -3.95. The number of sulfonamides is 1. The van der Waals surface area contributed by atoms with E-state index in [1.54, 1.807) is 25.4 Å². The predicted molar refractivity (Wildman–Crippen MR) is 113 cm³/mol. The second-order valence-electron chi connectivity index (χ2n) is 7.15. The van der Waals surface area contributed by atoms with Gasteiger partial charge in [-0.3, -0.25) is 14.7 Å². The molecule has 1 amide bonds. The number of fused-ring (bicyclic) bond motifs is 1. The molecular weight excluding hydrogens is 424 g/mol. The molecule has 1 aromatic carbocycles. The number of methoxy groups -OCH3 is 1. The molecule has 2 aromatic heterocycles. The van der Waals surface area contributed by atoms with Gasteiger partial charge in [0.2, 0.25) is 0 Å². The van der Waals surface area contributed by atoms with Crippen molar-refractivity contribution in [1.29, 1.82) is 0 Å². The molecule has 0 atom stereocenters. The predicted octanol–water partition coefficient (Wildman–Crippen LogP) is 2.36. The highest BCUT2D eigenvalue weighted by Gasteiger charge is 2.24. The Morgan fingerprint density at radius 1 is 1.26 bits per heavy atom. The smallest absolute Gasteiger partial charge is 0.310 e. The van der Waals surface area contributed by atoms with Crippen molar-refractivity contribution in [3.05, 3.63) is 48.4 Å². The zero-order valence-electron chi connectivity index (χ0n) is 16.7. The van der Waals surface area contributed by atoms with Crippen molar-refractivity contribution in [3.63, 3.8) is 0 Å². The van der Waals surface area contributed by atoms with Gasteiger partial charge in [0.05, 0.1) is 16.7 Å². The Hall–Kier alpha value is -3.15. The molecule has 1 fully saturated rings. The van der Waals surface area contributed by atoms with E-state index in [0.717, 1.165) is 12.8 Å². The van der Waals surface area contributed by atoms with Gasteiger partial charge in [-0.15, -0.1) is 0 Å². The summed E-state index contributed by atoms with van der Waals surface area (Å²) in [7, 11) is -2.26. The number of hydroxylamine groups is 1. The summed E-state index contributed by atoms with van der Waals surface area (Å²) in [5.74, 6) is -0.397. The number of piperidine rings is 1. The fourth-order valence-electron chi connectivity index (χ4n) is 3.58. The highest BCUT2D eigenvalue weighted by Crippen LogP contribution is 2.29. The molecular formula is C20H22N4O6S. The number of nitrogens with one attached hydrogen (secondary N) is 2. The molecule has 31 heavy (non-hydrogen) atoms. The Morgan fingerprint density at radius 2 is 2.03 bits per heavy atom. The summed E-state index contributed by atoms with van der Waals surface area (Å²) >= 11 is 0. The number of pyridine rings is 1. The number of rotatable bonds is 6. The molecule has 0 unspecified atom stereocenters. The average molecular weight is 446 g/mol. The van der Waals surface area contributed by atoms with Crippen LogP contribution in [0.25, 0.3) is 11.0 Å². The molecule has 0 radical (unpaired) electrons. The summed E-state index contributed by atoms with van der Waals surface area (Å²) in [6.07, 6.45) is 3.48. The lowest BCUT2D eigenvalue weighted by Gasteiger charge is -2.33. The quantitative estimate of drug-likeness (QED) is 0.388. The number of carbonyl (C=O) groups is 1. The summed E-state index contributed by atoms with van der Waals surface area (Å²) < 4.78 is 39.4. The topological polar surface area (TPSA) is 134 Å². The van der Waals surface area contributed by atoms with E-state index < -0.39 is 15.9 Å². The second-order valence-corrected chi connectivity index (χ2v) is 8.84. The lowest BCUT2D eigenvalue weighted by Crippen LogP contribution is -2.37.